The molecule has 0 aliphatic carbocycles. The van der Waals surface area contributed by atoms with E-state index in [9.17, 15) is 9.59 Å². The number of thioether (sulfide) groups is 1. The molecule has 1 aromatic carbocycles. The number of Topliss-reactive ketones (excluding diaryl/α,β-unsaturated/α-hetero) is 1. The summed E-state index contributed by atoms with van der Waals surface area (Å²) in [6, 6.07) is 7.49. The van der Waals surface area contributed by atoms with Gasteiger partial charge in [0.25, 0.3) is 0 Å². The minimum atomic E-state index is 0.0665. The third kappa shape index (κ3) is 4.61. The van der Waals surface area contributed by atoms with Crippen molar-refractivity contribution in [2.45, 2.75) is 18.2 Å². The Morgan fingerprint density at radius 2 is 2.00 bits per heavy atom. The first-order chi connectivity index (χ1) is 8.00. The van der Waals surface area contributed by atoms with Gasteiger partial charge in [0, 0.05) is 36.7 Å². The molecule has 1 aromatic rings. The lowest BCUT2D eigenvalue weighted by molar-refractivity contribution is -0.128. The van der Waals surface area contributed by atoms with E-state index >= 15 is 0 Å². The largest absolute Gasteiger partial charge is 0.349 e. The Hall–Kier alpha value is -1.29. The summed E-state index contributed by atoms with van der Waals surface area (Å²) in [6.45, 7) is 1.55. The number of amides is 1. The zero-order chi connectivity index (χ0) is 12.8. The lowest BCUT2D eigenvalue weighted by Crippen LogP contribution is -2.21. The van der Waals surface area contributed by atoms with Gasteiger partial charge in [-0.3, -0.25) is 9.59 Å². The molecule has 0 aromatic heterocycles. The van der Waals surface area contributed by atoms with Crippen molar-refractivity contribution in [3.05, 3.63) is 29.8 Å². The lowest BCUT2D eigenvalue weighted by atomic mass is 10.2. The molecule has 92 valence electrons. The highest BCUT2D eigenvalue weighted by molar-refractivity contribution is 7.99. The Bertz CT molecular complexity index is 416. The summed E-state index contributed by atoms with van der Waals surface area (Å²) in [5.41, 5.74) is 0.717. The van der Waals surface area contributed by atoms with Crippen molar-refractivity contribution in [1.29, 1.82) is 0 Å². The summed E-state index contributed by atoms with van der Waals surface area (Å²) in [5, 5.41) is 0. The van der Waals surface area contributed by atoms with E-state index in [0.717, 1.165) is 10.6 Å². The third-order valence-electron chi connectivity index (χ3n) is 2.32. The molecule has 0 unspecified atom stereocenters. The summed E-state index contributed by atoms with van der Waals surface area (Å²) < 4.78 is 0. The van der Waals surface area contributed by atoms with Gasteiger partial charge in [0.15, 0.2) is 5.78 Å². The van der Waals surface area contributed by atoms with Crippen LogP contribution < -0.4 is 0 Å². The number of hydrogen-bond acceptors (Lipinski definition) is 3. The Balaban J connectivity index is 2.50. The molecule has 0 spiro atoms. The quantitative estimate of drug-likeness (QED) is 0.596. The fourth-order valence-corrected chi connectivity index (χ4v) is 2.18. The maximum absolute atomic E-state index is 11.4. The summed E-state index contributed by atoms with van der Waals surface area (Å²) in [7, 11) is 3.51. The van der Waals surface area contributed by atoms with Gasteiger partial charge >= 0.3 is 0 Å². The van der Waals surface area contributed by atoms with Gasteiger partial charge in [0.05, 0.1) is 0 Å². The van der Waals surface area contributed by atoms with E-state index in [0.29, 0.717) is 12.0 Å². The number of nitrogens with zero attached hydrogens (tertiary/aromatic N) is 1. The first kappa shape index (κ1) is 13.8. The maximum Gasteiger partial charge on any atom is 0.222 e. The number of benzene rings is 1. The molecule has 17 heavy (non-hydrogen) atoms. The minimum absolute atomic E-state index is 0.0665. The molecule has 0 saturated carbocycles. The SMILES string of the molecule is CC(=O)c1cccc(SCCC(=O)N(C)C)c1. The van der Waals surface area contributed by atoms with Crippen LogP contribution in [0.3, 0.4) is 0 Å². The maximum atomic E-state index is 11.4. The number of rotatable bonds is 5. The summed E-state index contributed by atoms with van der Waals surface area (Å²) in [6.07, 6.45) is 0.516. The lowest BCUT2D eigenvalue weighted by Gasteiger charge is -2.09. The molecule has 0 fully saturated rings. The average molecular weight is 251 g/mol. The van der Waals surface area contributed by atoms with Crippen molar-refractivity contribution in [2.24, 2.45) is 0 Å². The van der Waals surface area contributed by atoms with Gasteiger partial charge in [-0.2, -0.15) is 0 Å². The highest BCUT2D eigenvalue weighted by Crippen LogP contribution is 2.20. The molecule has 0 atom stereocenters. The number of hydrogen-bond donors (Lipinski definition) is 0. The van der Waals surface area contributed by atoms with Crippen molar-refractivity contribution in [1.82, 2.24) is 4.90 Å². The highest BCUT2D eigenvalue weighted by Gasteiger charge is 2.05. The van der Waals surface area contributed by atoms with Crippen LogP contribution in [0.15, 0.2) is 29.2 Å². The van der Waals surface area contributed by atoms with E-state index in [2.05, 4.69) is 0 Å². The molecular weight excluding hydrogens is 234 g/mol. The number of carbonyl (C=O) groups is 2. The van der Waals surface area contributed by atoms with E-state index in [-0.39, 0.29) is 11.7 Å². The van der Waals surface area contributed by atoms with Gasteiger partial charge in [-0.1, -0.05) is 12.1 Å². The third-order valence-corrected chi connectivity index (χ3v) is 3.32. The van der Waals surface area contributed by atoms with Crippen LogP contribution in [-0.4, -0.2) is 36.4 Å². The Kier molecular flexibility index (Phi) is 5.22. The first-order valence-corrected chi connectivity index (χ1v) is 6.43. The molecule has 0 aliphatic rings. The van der Waals surface area contributed by atoms with Gasteiger partial charge in [-0.25, -0.2) is 0 Å². The predicted octanol–water partition coefficient (Wildman–Crippen LogP) is 2.46. The molecule has 0 heterocycles. The van der Waals surface area contributed by atoms with Crippen molar-refractivity contribution in [3.8, 4) is 0 Å². The van der Waals surface area contributed by atoms with Crippen molar-refractivity contribution < 1.29 is 9.59 Å². The van der Waals surface area contributed by atoms with Gasteiger partial charge in [0.1, 0.15) is 0 Å². The van der Waals surface area contributed by atoms with Crippen LogP contribution in [0.4, 0.5) is 0 Å². The van der Waals surface area contributed by atoms with E-state index in [4.69, 9.17) is 0 Å². The molecule has 0 aliphatic heterocycles. The Morgan fingerprint density at radius 3 is 2.59 bits per heavy atom. The normalized spacial score (nSPS) is 10.1. The molecule has 1 rings (SSSR count). The highest BCUT2D eigenvalue weighted by atomic mass is 32.2. The van der Waals surface area contributed by atoms with Crippen LogP contribution in [0.25, 0.3) is 0 Å². The predicted molar refractivity (Wildman–Crippen MR) is 70.5 cm³/mol. The fraction of sp³-hybridized carbons (Fsp3) is 0.385. The zero-order valence-electron chi connectivity index (χ0n) is 10.4. The minimum Gasteiger partial charge on any atom is -0.349 e. The summed E-state index contributed by atoms with van der Waals surface area (Å²) in [5.74, 6) is 0.926. The molecule has 0 bridgehead atoms. The second-order valence-electron chi connectivity index (χ2n) is 3.97. The monoisotopic (exact) mass is 251 g/mol. The van der Waals surface area contributed by atoms with Crippen molar-refractivity contribution >= 4 is 23.5 Å². The summed E-state index contributed by atoms with van der Waals surface area (Å²) in [4.78, 5) is 25.2. The zero-order valence-corrected chi connectivity index (χ0v) is 11.2. The Labute approximate surface area is 106 Å². The van der Waals surface area contributed by atoms with Crippen LogP contribution in [0, 0.1) is 0 Å². The van der Waals surface area contributed by atoms with Crippen LogP contribution in [0.2, 0.25) is 0 Å². The van der Waals surface area contributed by atoms with Crippen LogP contribution >= 0.6 is 11.8 Å². The molecule has 1 amide bonds. The first-order valence-electron chi connectivity index (χ1n) is 5.44. The van der Waals surface area contributed by atoms with Crippen molar-refractivity contribution in [2.75, 3.05) is 19.8 Å². The topological polar surface area (TPSA) is 37.4 Å². The van der Waals surface area contributed by atoms with Crippen LogP contribution in [0.5, 0.6) is 0 Å². The molecule has 3 nitrogen and oxygen atoms in total. The van der Waals surface area contributed by atoms with Crippen molar-refractivity contribution in [3.63, 3.8) is 0 Å². The fourth-order valence-electron chi connectivity index (χ4n) is 1.28. The van der Waals surface area contributed by atoms with Gasteiger partial charge in [-0.05, 0) is 19.1 Å². The second kappa shape index (κ2) is 6.45. The second-order valence-corrected chi connectivity index (χ2v) is 5.14. The van der Waals surface area contributed by atoms with Gasteiger partial charge < -0.3 is 4.90 Å². The smallest absolute Gasteiger partial charge is 0.222 e. The molecular formula is C13H17NO2S. The number of ketones is 1. The number of carbonyl (C=O) groups excluding carboxylic acids is 2. The average Bonchev–Trinajstić information content (AvgIpc) is 2.29. The van der Waals surface area contributed by atoms with Crippen LogP contribution in [0.1, 0.15) is 23.7 Å². The molecule has 4 heteroatoms. The van der Waals surface area contributed by atoms with Gasteiger partial charge in [-0.15, -0.1) is 11.8 Å². The Morgan fingerprint density at radius 1 is 1.29 bits per heavy atom. The van der Waals surface area contributed by atoms with Gasteiger partial charge in [0.2, 0.25) is 5.91 Å². The van der Waals surface area contributed by atoms with E-state index < -0.39 is 0 Å². The van der Waals surface area contributed by atoms with E-state index in [1.807, 2.05) is 18.2 Å². The molecule has 0 radical (unpaired) electrons. The van der Waals surface area contributed by atoms with E-state index in [1.54, 1.807) is 43.7 Å². The summed E-state index contributed by atoms with van der Waals surface area (Å²) >= 11 is 1.60. The van der Waals surface area contributed by atoms with Crippen LogP contribution in [-0.2, 0) is 4.79 Å². The van der Waals surface area contributed by atoms with E-state index in [1.165, 1.54) is 0 Å². The standard InChI is InChI=1S/C13H17NO2S/c1-10(15)11-5-4-6-12(9-11)17-8-7-13(16)14(2)3/h4-6,9H,7-8H2,1-3H3. The molecule has 0 N–H and O–H groups in total. The molecule has 0 saturated heterocycles.